The topological polar surface area (TPSA) is 96.2 Å². The number of nitrogens with two attached hydrogens (primary N) is 1. The number of likely N-dealkylation sites (tertiary alicyclic amines) is 1. The number of benzene rings is 3. The Morgan fingerprint density at radius 1 is 0.851 bits per heavy atom. The van der Waals surface area contributed by atoms with E-state index in [2.05, 4.69) is 36.1 Å². The molecule has 0 aromatic heterocycles. The maximum atomic E-state index is 14.2. The number of carbonyl (C=O) groups excluding carboxylic acids is 1. The van der Waals surface area contributed by atoms with Gasteiger partial charge in [0.15, 0.2) is 0 Å². The van der Waals surface area contributed by atoms with Gasteiger partial charge in [0.1, 0.15) is 11.8 Å². The van der Waals surface area contributed by atoms with Gasteiger partial charge in [-0.3, -0.25) is 9.69 Å². The lowest BCUT2D eigenvalue weighted by molar-refractivity contribution is -0.138. The van der Waals surface area contributed by atoms with Crippen LogP contribution in [-0.2, 0) is 14.8 Å². The number of hydrogen-bond donors (Lipinski definition) is 1. The summed E-state index contributed by atoms with van der Waals surface area (Å²) in [5.41, 5.74) is 9.42. The van der Waals surface area contributed by atoms with Crippen LogP contribution in [0.5, 0.6) is 5.75 Å². The van der Waals surface area contributed by atoms with Crippen LogP contribution in [0.25, 0.3) is 11.1 Å². The minimum Gasteiger partial charge on any atom is -0.493 e. The number of rotatable bonds is 9. The molecule has 3 aliphatic rings. The molecule has 0 spiro atoms. The molecule has 1 amide bonds. The van der Waals surface area contributed by atoms with Gasteiger partial charge in [0, 0.05) is 49.8 Å². The summed E-state index contributed by atoms with van der Waals surface area (Å²) >= 11 is 6.07. The zero-order chi connectivity index (χ0) is 33.0. The molecule has 3 aromatic rings. The third kappa shape index (κ3) is 8.03. The van der Waals surface area contributed by atoms with Crippen LogP contribution in [-0.4, -0.2) is 79.8 Å². The summed E-state index contributed by atoms with van der Waals surface area (Å²) in [6.45, 7) is 4.90. The second-order valence-corrected chi connectivity index (χ2v) is 15.7. The number of hydrogen-bond acceptors (Lipinski definition) is 6. The van der Waals surface area contributed by atoms with Gasteiger partial charge in [-0.15, -0.1) is 0 Å². The van der Waals surface area contributed by atoms with Crippen LogP contribution >= 0.6 is 11.6 Å². The Labute approximate surface area is 284 Å². The first kappa shape index (κ1) is 33.9. The highest BCUT2D eigenvalue weighted by atomic mass is 35.5. The Hall–Kier alpha value is -2.95. The van der Waals surface area contributed by atoms with Crippen molar-refractivity contribution in [3.05, 3.63) is 83.4 Å². The average molecular weight is 679 g/mol. The van der Waals surface area contributed by atoms with E-state index in [4.69, 9.17) is 22.1 Å². The maximum Gasteiger partial charge on any atom is 0.243 e. The van der Waals surface area contributed by atoms with Gasteiger partial charge in [0.25, 0.3) is 0 Å². The molecule has 2 heterocycles. The smallest absolute Gasteiger partial charge is 0.243 e. The van der Waals surface area contributed by atoms with E-state index in [1.54, 1.807) is 29.2 Å². The highest BCUT2D eigenvalue weighted by molar-refractivity contribution is 7.89. The van der Waals surface area contributed by atoms with Gasteiger partial charge in [-0.05, 0) is 91.6 Å². The molecule has 8 nitrogen and oxygen atoms in total. The van der Waals surface area contributed by atoms with Crippen LogP contribution in [0.15, 0.2) is 77.7 Å². The van der Waals surface area contributed by atoms with Crippen molar-refractivity contribution in [1.82, 2.24) is 14.1 Å². The molecule has 2 saturated heterocycles. The summed E-state index contributed by atoms with van der Waals surface area (Å²) in [4.78, 5) is 18.3. The van der Waals surface area contributed by atoms with Gasteiger partial charge < -0.3 is 15.4 Å². The van der Waals surface area contributed by atoms with Crippen molar-refractivity contribution in [2.45, 2.75) is 74.9 Å². The monoisotopic (exact) mass is 678 g/mol. The molecule has 1 aliphatic carbocycles. The average Bonchev–Trinajstić information content (AvgIpc) is 3.11. The van der Waals surface area contributed by atoms with Crippen molar-refractivity contribution in [2.75, 3.05) is 39.3 Å². The first-order valence-corrected chi connectivity index (χ1v) is 18.9. The normalized spacial score (nSPS) is 21.4. The SMILES string of the molecule is CC(c1ccc(-c2ccc(Cl)cc2)cc1)N1CCN(S(=O)(=O)c2ccc(OCC3CCCCC3)cc2)[C@H](C(=O)N2CCC(N)CC2)C1. The van der Waals surface area contributed by atoms with Gasteiger partial charge in [0.2, 0.25) is 15.9 Å². The molecule has 2 atom stereocenters. The van der Waals surface area contributed by atoms with E-state index in [0.717, 1.165) is 16.7 Å². The Balaban J connectivity index is 1.18. The van der Waals surface area contributed by atoms with Crippen LogP contribution in [0.1, 0.15) is 63.5 Å². The fourth-order valence-corrected chi connectivity index (χ4v) is 8.87. The number of piperidine rings is 1. The molecule has 2 N–H and O–H groups in total. The third-order valence-corrected chi connectivity index (χ3v) is 12.4. The second-order valence-electron chi connectivity index (χ2n) is 13.4. The third-order valence-electron chi connectivity index (χ3n) is 10.3. The highest BCUT2D eigenvalue weighted by Gasteiger charge is 2.43. The van der Waals surface area contributed by atoms with Crippen molar-refractivity contribution in [3.8, 4) is 16.9 Å². The van der Waals surface area contributed by atoms with Crippen LogP contribution in [0.3, 0.4) is 0 Å². The van der Waals surface area contributed by atoms with E-state index in [0.29, 0.717) is 62.3 Å². The van der Waals surface area contributed by atoms with Crippen LogP contribution in [0.4, 0.5) is 0 Å². The summed E-state index contributed by atoms with van der Waals surface area (Å²) in [6, 6.07) is 22.1. The van der Waals surface area contributed by atoms with E-state index in [-0.39, 0.29) is 29.4 Å². The Morgan fingerprint density at radius 3 is 2.11 bits per heavy atom. The molecule has 0 radical (unpaired) electrons. The lowest BCUT2D eigenvalue weighted by atomic mass is 9.90. The summed E-state index contributed by atoms with van der Waals surface area (Å²) in [7, 11) is -3.94. The number of piperazine rings is 1. The number of amides is 1. The predicted octanol–water partition coefficient (Wildman–Crippen LogP) is 6.35. The quantitative estimate of drug-likeness (QED) is 0.283. The van der Waals surface area contributed by atoms with E-state index >= 15 is 0 Å². The lowest BCUT2D eigenvalue weighted by Crippen LogP contribution is -2.62. The largest absolute Gasteiger partial charge is 0.493 e. The maximum absolute atomic E-state index is 14.2. The van der Waals surface area contributed by atoms with Crippen molar-refractivity contribution in [1.29, 1.82) is 0 Å². The molecule has 47 heavy (non-hydrogen) atoms. The zero-order valence-corrected chi connectivity index (χ0v) is 28.8. The fourth-order valence-electron chi connectivity index (χ4n) is 7.18. The zero-order valence-electron chi connectivity index (χ0n) is 27.3. The summed E-state index contributed by atoms with van der Waals surface area (Å²) in [5, 5.41) is 0.701. The molecule has 252 valence electrons. The molecule has 3 aromatic carbocycles. The molecule has 1 saturated carbocycles. The number of carbonyl (C=O) groups is 1. The standard InChI is InChI=1S/C37H47ClN4O4S/c1-27(29-7-9-30(10-8-29)31-11-13-32(38)14-12-31)41-23-24-42(36(25-41)37(43)40-21-19-33(39)20-22-40)47(44,45)35-17-15-34(16-18-35)46-26-28-5-3-2-4-6-28/h7-18,27-28,33,36H,2-6,19-26,39H2,1H3/t27?,36-/m0/s1. The summed E-state index contributed by atoms with van der Waals surface area (Å²) in [5.74, 6) is 1.08. The van der Waals surface area contributed by atoms with Gasteiger partial charge in [-0.1, -0.05) is 67.3 Å². The molecule has 0 bridgehead atoms. The van der Waals surface area contributed by atoms with Crippen LogP contribution in [0, 0.1) is 5.92 Å². The van der Waals surface area contributed by atoms with Crippen molar-refractivity contribution < 1.29 is 17.9 Å². The molecule has 6 rings (SSSR count). The van der Waals surface area contributed by atoms with E-state index in [9.17, 15) is 13.2 Å². The van der Waals surface area contributed by atoms with E-state index < -0.39 is 16.1 Å². The Kier molecular flexibility index (Phi) is 10.9. The fraction of sp³-hybridized carbons (Fsp3) is 0.486. The summed E-state index contributed by atoms with van der Waals surface area (Å²) in [6.07, 6.45) is 7.59. The van der Waals surface area contributed by atoms with Crippen molar-refractivity contribution in [3.63, 3.8) is 0 Å². The van der Waals surface area contributed by atoms with Crippen molar-refractivity contribution >= 4 is 27.5 Å². The number of sulfonamides is 1. The highest BCUT2D eigenvalue weighted by Crippen LogP contribution is 2.31. The van der Waals surface area contributed by atoms with Gasteiger partial charge in [0.05, 0.1) is 11.5 Å². The van der Waals surface area contributed by atoms with Gasteiger partial charge in [-0.2, -0.15) is 4.31 Å². The molecule has 3 fully saturated rings. The second kappa shape index (κ2) is 15.1. The first-order chi connectivity index (χ1) is 22.7. The van der Waals surface area contributed by atoms with Gasteiger partial charge >= 0.3 is 0 Å². The van der Waals surface area contributed by atoms with Crippen LogP contribution < -0.4 is 10.5 Å². The molecule has 2 aliphatic heterocycles. The first-order valence-electron chi connectivity index (χ1n) is 17.1. The number of nitrogens with zero attached hydrogens (tertiary/aromatic N) is 3. The summed E-state index contributed by atoms with van der Waals surface area (Å²) < 4.78 is 35.8. The van der Waals surface area contributed by atoms with Gasteiger partial charge in [-0.25, -0.2) is 8.42 Å². The van der Waals surface area contributed by atoms with Crippen molar-refractivity contribution in [2.24, 2.45) is 11.7 Å². The van der Waals surface area contributed by atoms with E-state index in [1.165, 1.54) is 36.4 Å². The molecule has 10 heteroatoms. The Morgan fingerprint density at radius 2 is 1.47 bits per heavy atom. The predicted molar refractivity (Wildman–Crippen MR) is 187 cm³/mol. The minimum atomic E-state index is -3.94. The molecular formula is C37H47ClN4O4S. The Bertz CT molecular complexity index is 1590. The number of ether oxygens (including phenoxy) is 1. The number of halogens is 1. The van der Waals surface area contributed by atoms with Crippen LogP contribution in [0.2, 0.25) is 5.02 Å². The minimum absolute atomic E-state index is 0.00945. The molecular weight excluding hydrogens is 632 g/mol. The molecule has 1 unspecified atom stereocenters. The lowest BCUT2D eigenvalue weighted by Gasteiger charge is -2.44. The van der Waals surface area contributed by atoms with E-state index in [1.807, 2.05) is 24.3 Å².